The zero-order chi connectivity index (χ0) is 18.6. The number of hydrogen-bond acceptors (Lipinski definition) is 6. The maximum absolute atomic E-state index is 12.5. The number of fused-ring (bicyclic) bond motifs is 3. The van der Waals surface area contributed by atoms with Gasteiger partial charge in [0.25, 0.3) is 11.5 Å². The summed E-state index contributed by atoms with van der Waals surface area (Å²) >= 11 is 0. The number of aliphatic hydroxyl groups excluding tert-OH is 1. The summed E-state index contributed by atoms with van der Waals surface area (Å²) in [6.07, 6.45) is 0. The van der Waals surface area contributed by atoms with Gasteiger partial charge in [-0.1, -0.05) is 42.0 Å². The molecule has 1 atom stereocenters. The SMILES string of the molecule is Cc1ccc(/C(O)=C2\C(=O)C(=O)N3c4ccccc4OC(=O)C23O)cc1. The Labute approximate surface area is 147 Å². The lowest BCUT2D eigenvalue weighted by atomic mass is 9.96. The summed E-state index contributed by atoms with van der Waals surface area (Å²) in [6.45, 7) is 1.84. The minimum Gasteiger partial charge on any atom is -0.507 e. The summed E-state index contributed by atoms with van der Waals surface area (Å²) in [5, 5.41) is 21.6. The fourth-order valence-electron chi connectivity index (χ4n) is 3.13. The Morgan fingerprint density at radius 1 is 1.04 bits per heavy atom. The smallest absolute Gasteiger partial charge is 0.371 e. The van der Waals surface area contributed by atoms with E-state index in [-0.39, 0.29) is 17.0 Å². The molecular formula is C19H13NO6. The van der Waals surface area contributed by atoms with Crippen LogP contribution in [0.15, 0.2) is 54.1 Å². The Bertz CT molecular complexity index is 1010. The second-order valence-corrected chi connectivity index (χ2v) is 6.09. The number of ether oxygens (including phenoxy) is 1. The van der Waals surface area contributed by atoms with Gasteiger partial charge in [0.2, 0.25) is 0 Å². The van der Waals surface area contributed by atoms with Crippen molar-refractivity contribution < 1.29 is 29.3 Å². The lowest BCUT2D eigenvalue weighted by molar-refractivity contribution is -0.153. The zero-order valence-corrected chi connectivity index (χ0v) is 13.6. The molecule has 26 heavy (non-hydrogen) atoms. The molecule has 0 bridgehead atoms. The Hall–Kier alpha value is -3.45. The van der Waals surface area contributed by atoms with Gasteiger partial charge in [-0.05, 0) is 19.1 Å². The number of anilines is 1. The molecule has 7 heteroatoms. The van der Waals surface area contributed by atoms with Crippen LogP contribution in [-0.4, -0.2) is 33.6 Å². The van der Waals surface area contributed by atoms with Crippen LogP contribution >= 0.6 is 0 Å². The quantitative estimate of drug-likeness (QED) is 0.265. The summed E-state index contributed by atoms with van der Waals surface area (Å²) in [6, 6.07) is 12.4. The van der Waals surface area contributed by atoms with Gasteiger partial charge in [0.1, 0.15) is 11.3 Å². The standard InChI is InChI=1S/C19H13NO6/c1-10-6-8-11(9-7-10)15(21)14-16(22)17(23)20-12-4-2-3-5-13(12)26-18(24)19(14,20)25/h2-9,21,25H,1H3/b15-14-. The van der Waals surface area contributed by atoms with Gasteiger partial charge in [-0.25, -0.2) is 4.79 Å². The monoisotopic (exact) mass is 351 g/mol. The molecule has 130 valence electrons. The largest absolute Gasteiger partial charge is 0.507 e. The number of ketones is 1. The van der Waals surface area contributed by atoms with E-state index < -0.39 is 34.7 Å². The zero-order valence-electron chi connectivity index (χ0n) is 13.6. The van der Waals surface area contributed by atoms with Crippen molar-refractivity contribution in [2.24, 2.45) is 0 Å². The fraction of sp³-hybridized carbons (Fsp3) is 0.105. The number of Topliss-reactive ketones (excluding diaryl/α,β-unsaturated/α-hetero) is 1. The molecule has 1 amide bonds. The second kappa shape index (κ2) is 5.27. The van der Waals surface area contributed by atoms with Gasteiger partial charge in [0, 0.05) is 5.56 Å². The molecule has 2 aliphatic rings. The summed E-state index contributed by atoms with van der Waals surface area (Å²) in [5.41, 5.74) is -2.27. The summed E-state index contributed by atoms with van der Waals surface area (Å²) < 4.78 is 5.10. The van der Waals surface area contributed by atoms with Gasteiger partial charge in [-0.15, -0.1) is 0 Å². The highest BCUT2D eigenvalue weighted by atomic mass is 16.6. The average molecular weight is 351 g/mol. The molecule has 7 nitrogen and oxygen atoms in total. The van der Waals surface area contributed by atoms with Crippen LogP contribution in [0.2, 0.25) is 0 Å². The number of aliphatic hydroxyl groups is 2. The van der Waals surface area contributed by atoms with Crippen molar-refractivity contribution >= 4 is 29.1 Å². The van der Waals surface area contributed by atoms with E-state index >= 15 is 0 Å². The number of hydrogen-bond donors (Lipinski definition) is 2. The van der Waals surface area contributed by atoms with E-state index in [0.717, 1.165) is 5.56 Å². The topological polar surface area (TPSA) is 104 Å². The Morgan fingerprint density at radius 3 is 2.38 bits per heavy atom. The first-order chi connectivity index (χ1) is 12.4. The van der Waals surface area contributed by atoms with E-state index in [1.54, 1.807) is 24.3 Å². The molecule has 2 N–H and O–H groups in total. The van der Waals surface area contributed by atoms with Crippen molar-refractivity contribution in [2.45, 2.75) is 12.6 Å². The van der Waals surface area contributed by atoms with Gasteiger partial charge in [0.05, 0.1) is 5.69 Å². The highest BCUT2D eigenvalue weighted by molar-refractivity contribution is 6.54. The molecule has 2 aromatic carbocycles. The number of carbonyl (C=O) groups excluding carboxylic acids is 3. The first-order valence-corrected chi connectivity index (χ1v) is 7.79. The van der Waals surface area contributed by atoms with Crippen molar-refractivity contribution in [3.8, 4) is 5.75 Å². The van der Waals surface area contributed by atoms with E-state index in [4.69, 9.17) is 4.74 Å². The minimum atomic E-state index is -2.72. The van der Waals surface area contributed by atoms with Crippen LogP contribution in [0.3, 0.4) is 0 Å². The predicted molar refractivity (Wildman–Crippen MR) is 90.2 cm³/mol. The number of aryl methyl sites for hydroxylation is 1. The van der Waals surface area contributed by atoms with E-state index in [9.17, 15) is 24.6 Å². The number of esters is 1. The summed E-state index contributed by atoms with van der Waals surface area (Å²) in [5.74, 6) is -4.13. The molecule has 1 fully saturated rings. The lowest BCUT2D eigenvalue weighted by Crippen LogP contribution is -2.57. The molecule has 1 saturated heterocycles. The van der Waals surface area contributed by atoms with Crippen LogP contribution in [-0.2, 0) is 14.4 Å². The fourth-order valence-corrected chi connectivity index (χ4v) is 3.13. The first-order valence-electron chi connectivity index (χ1n) is 7.79. The summed E-state index contributed by atoms with van der Waals surface area (Å²) in [4.78, 5) is 38.2. The predicted octanol–water partition coefficient (Wildman–Crippen LogP) is 1.49. The third kappa shape index (κ3) is 1.94. The number of para-hydroxylation sites is 2. The Morgan fingerprint density at radius 2 is 1.69 bits per heavy atom. The van der Waals surface area contributed by atoms with Crippen LogP contribution in [0.25, 0.3) is 5.76 Å². The molecular weight excluding hydrogens is 338 g/mol. The van der Waals surface area contributed by atoms with Gasteiger partial charge in [-0.3, -0.25) is 14.5 Å². The van der Waals surface area contributed by atoms with Crippen molar-refractivity contribution in [3.05, 3.63) is 65.2 Å². The average Bonchev–Trinajstić information content (AvgIpc) is 2.83. The highest BCUT2D eigenvalue weighted by Gasteiger charge is 2.65. The molecule has 1 unspecified atom stereocenters. The molecule has 0 aliphatic carbocycles. The molecule has 0 radical (unpaired) electrons. The van der Waals surface area contributed by atoms with Gasteiger partial charge < -0.3 is 14.9 Å². The van der Waals surface area contributed by atoms with Crippen molar-refractivity contribution in [3.63, 3.8) is 0 Å². The number of benzene rings is 2. The highest BCUT2D eigenvalue weighted by Crippen LogP contribution is 2.46. The second-order valence-electron chi connectivity index (χ2n) is 6.09. The molecule has 2 aliphatic heterocycles. The maximum Gasteiger partial charge on any atom is 0.371 e. The molecule has 0 aromatic heterocycles. The number of nitrogens with zero attached hydrogens (tertiary/aromatic N) is 1. The van der Waals surface area contributed by atoms with E-state index in [1.165, 1.54) is 24.3 Å². The van der Waals surface area contributed by atoms with Crippen LogP contribution < -0.4 is 9.64 Å². The Kier molecular flexibility index (Phi) is 3.25. The van der Waals surface area contributed by atoms with Crippen LogP contribution in [0, 0.1) is 6.92 Å². The Balaban J connectivity index is 1.97. The van der Waals surface area contributed by atoms with Gasteiger partial charge in [-0.2, -0.15) is 0 Å². The number of carbonyl (C=O) groups is 3. The maximum atomic E-state index is 12.5. The lowest BCUT2D eigenvalue weighted by Gasteiger charge is -2.36. The van der Waals surface area contributed by atoms with Crippen molar-refractivity contribution in [2.75, 3.05) is 4.90 Å². The summed E-state index contributed by atoms with van der Waals surface area (Å²) in [7, 11) is 0. The molecule has 0 saturated carbocycles. The third-order valence-electron chi connectivity index (χ3n) is 4.45. The van der Waals surface area contributed by atoms with Crippen LogP contribution in [0.4, 0.5) is 5.69 Å². The van der Waals surface area contributed by atoms with Gasteiger partial charge in [0.15, 0.2) is 5.75 Å². The van der Waals surface area contributed by atoms with Crippen molar-refractivity contribution in [1.29, 1.82) is 0 Å². The van der Waals surface area contributed by atoms with E-state index in [0.29, 0.717) is 4.90 Å². The van der Waals surface area contributed by atoms with E-state index in [1.807, 2.05) is 6.92 Å². The molecule has 2 heterocycles. The third-order valence-corrected chi connectivity index (χ3v) is 4.45. The first kappa shape index (κ1) is 16.0. The minimum absolute atomic E-state index is 0.0411. The molecule has 4 rings (SSSR count). The normalized spacial score (nSPS) is 23.5. The van der Waals surface area contributed by atoms with Crippen molar-refractivity contribution in [1.82, 2.24) is 0 Å². The number of rotatable bonds is 1. The van der Waals surface area contributed by atoms with Gasteiger partial charge >= 0.3 is 11.9 Å². The molecule has 0 spiro atoms. The number of amides is 1. The molecule has 2 aromatic rings. The van der Waals surface area contributed by atoms with E-state index in [2.05, 4.69) is 0 Å². The van der Waals surface area contributed by atoms with Crippen LogP contribution in [0.5, 0.6) is 5.75 Å². The van der Waals surface area contributed by atoms with Crippen LogP contribution in [0.1, 0.15) is 11.1 Å².